The summed E-state index contributed by atoms with van der Waals surface area (Å²) in [6.45, 7) is 0. The number of hydrogen-bond acceptors (Lipinski definition) is 6. The number of Topliss-reactive ketones (excluding diaryl/α,β-unsaturated/α-hetero) is 2. The van der Waals surface area contributed by atoms with E-state index in [0.717, 1.165) is 0 Å². The van der Waals surface area contributed by atoms with Crippen LogP contribution in [0.4, 0.5) is 0 Å². The molecule has 0 radical (unpaired) electrons. The second-order valence-corrected chi connectivity index (χ2v) is 7.32. The number of aromatic hydroxyl groups is 2. The molecule has 3 aliphatic carbocycles. The molecule has 3 aliphatic rings. The summed E-state index contributed by atoms with van der Waals surface area (Å²) in [5.41, 5.74) is 0.496. The van der Waals surface area contributed by atoms with E-state index in [-0.39, 0.29) is 53.5 Å². The molecule has 0 fully saturated rings. The molecule has 4 N–H and O–H groups in total. The first-order valence-electron chi connectivity index (χ1n) is 8.54. The summed E-state index contributed by atoms with van der Waals surface area (Å²) in [6, 6.07) is 6.04. The Morgan fingerprint density at radius 2 is 1.58 bits per heavy atom. The van der Waals surface area contributed by atoms with Crippen LogP contribution in [-0.4, -0.2) is 38.1 Å². The van der Waals surface area contributed by atoms with Crippen molar-refractivity contribution in [3.05, 3.63) is 46.5 Å². The second-order valence-electron chi connectivity index (χ2n) is 7.32. The van der Waals surface area contributed by atoms with Crippen LogP contribution in [0.15, 0.2) is 24.3 Å². The van der Waals surface area contributed by atoms with Crippen LogP contribution in [0.3, 0.4) is 0 Å². The molecular formula is C20H16O6. The third-order valence-corrected chi connectivity index (χ3v) is 6.03. The Hall–Kier alpha value is -2.70. The third-order valence-electron chi connectivity index (χ3n) is 6.03. The number of carbonyl (C=O) groups excluding carboxylic acids is 2. The predicted molar refractivity (Wildman–Crippen MR) is 90.4 cm³/mol. The Morgan fingerprint density at radius 1 is 0.923 bits per heavy atom. The van der Waals surface area contributed by atoms with Crippen LogP contribution in [0.1, 0.15) is 57.0 Å². The van der Waals surface area contributed by atoms with Crippen molar-refractivity contribution < 1.29 is 30.0 Å². The number of rotatable bonds is 0. The van der Waals surface area contributed by atoms with Crippen LogP contribution < -0.4 is 0 Å². The highest BCUT2D eigenvalue weighted by Crippen LogP contribution is 2.60. The Kier molecular flexibility index (Phi) is 2.82. The molecule has 2 aromatic carbocycles. The molecule has 26 heavy (non-hydrogen) atoms. The largest absolute Gasteiger partial charge is 0.507 e. The number of aliphatic hydroxyl groups excluding tert-OH is 1. The molecule has 132 valence electrons. The van der Waals surface area contributed by atoms with Crippen LogP contribution in [-0.2, 0) is 5.60 Å². The van der Waals surface area contributed by atoms with E-state index in [1.54, 1.807) is 12.1 Å². The van der Waals surface area contributed by atoms with Crippen LogP contribution >= 0.6 is 0 Å². The Labute approximate surface area is 148 Å². The van der Waals surface area contributed by atoms with E-state index in [9.17, 15) is 30.0 Å². The van der Waals surface area contributed by atoms with Crippen molar-refractivity contribution in [1.82, 2.24) is 0 Å². The molecule has 0 aromatic heterocycles. The zero-order valence-corrected chi connectivity index (χ0v) is 13.7. The molecule has 6 nitrogen and oxygen atoms in total. The lowest BCUT2D eigenvalue weighted by Crippen LogP contribution is -2.49. The van der Waals surface area contributed by atoms with Crippen LogP contribution in [0.25, 0.3) is 11.1 Å². The normalized spacial score (nSPS) is 28.5. The Balaban J connectivity index is 1.98. The molecule has 5 rings (SSSR count). The van der Waals surface area contributed by atoms with Crippen molar-refractivity contribution >= 4 is 11.6 Å². The molecule has 0 saturated heterocycles. The highest BCUT2D eigenvalue weighted by Gasteiger charge is 2.56. The van der Waals surface area contributed by atoms with Gasteiger partial charge in [0.2, 0.25) is 0 Å². The summed E-state index contributed by atoms with van der Waals surface area (Å²) >= 11 is 0. The average molecular weight is 352 g/mol. The van der Waals surface area contributed by atoms with Crippen molar-refractivity contribution in [3.8, 4) is 22.6 Å². The maximum absolute atomic E-state index is 12.5. The maximum Gasteiger partial charge on any atom is 0.169 e. The van der Waals surface area contributed by atoms with E-state index in [2.05, 4.69) is 0 Å². The molecule has 0 saturated carbocycles. The van der Waals surface area contributed by atoms with Crippen LogP contribution in [0.5, 0.6) is 11.5 Å². The molecule has 0 spiro atoms. The SMILES string of the molecule is O=C1C[C@@H](O)[C@H]2c3c(ccc(O)c31)-c1ccc(O)c3c1[C@]2(O)CCC3=O. The summed E-state index contributed by atoms with van der Waals surface area (Å²) in [5, 5.41) is 42.8. The number of carbonyl (C=O) groups is 2. The van der Waals surface area contributed by atoms with Gasteiger partial charge in [-0.05, 0) is 35.2 Å². The van der Waals surface area contributed by atoms with Crippen molar-refractivity contribution in [2.45, 2.75) is 36.9 Å². The van der Waals surface area contributed by atoms with Crippen molar-refractivity contribution in [3.63, 3.8) is 0 Å². The molecular weight excluding hydrogens is 336 g/mol. The molecule has 2 aromatic rings. The number of benzene rings is 2. The highest BCUT2D eigenvalue weighted by atomic mass is 16.3. The standard InChI is InChI=1S/C20H16O6/c21-10-3-1-8-9-2-4-11(22)17-12(23)5-6-20(26,18(9)17)19-14(25)7-13(24)16(10)15(8)19/h1-4,14,19,21-22,25-26H,5-7H2/t14-,19+,20-/m1/s1. The van der Waals surface area contributed by atoms with Crippen molar-refractivity contribution in [2.24, 2.45) is 0 Å². The topological polar surface area (TPSA) is 115 Å². The molecule has 0 bridgehead atoms. The van der Waals surface area contributed by atoms with E-state index in [0.29, 0.717) is 22.3 Å². The van der Waals surface area contributed by atoms with Gasteiger partial charge in [-0.25, -0.2) is 0 Å². The minimum atomic E-state index is -1.59. The third kappa shape index (κ3) is 1.63. The monoisotopic (exact) mass is 352 g/mol. The van der Waals surface area contributed by atoms with E-state index < -0.39 is 17.6 Å². The minimum absolute atomic E-state index is 0.0289. The zero-order valence-electron chi connectivity index (χ0n) is 13.7. The summed E-state index contributed by atoms with van der Waals surface area (Å²) in [5.74, 6) is -1.85. The summed E-state index contributed by atoms with van der Waals surface area (Å²) in [4.78, 5) is 24.9. The number of fused-ring (bicyclic) bond motifs is 2. The van der Waals surface area contributed by atoms with Gasteiger partial charge < -0.3 is 20.4 Å². The van der Waals surface area contributed by atoms with Gasteiger partial charge in [-0.15, -0.1) is 0 Å². The van der Waals surface area contributed by atoms with Crippen molar-refractivity contribution in [2.75, 3.05) is 0 Å². The fourth-order valence-corrected chi connectivity index (χ4v) is 5.03. The molecule has 0 amide bonds. The van der Waals surface area contributed by atoms with E-state index in [1.165, 1.54) is 12.1 Å². The molecule has 0 aliphatic heterocycles. The number of aliphatic hydroxyl groups is 2. The highest BCUT2D eigenvalue weighted by molar-refractivity contribution is 6.07. The number of phenols is 2. The van der Waals surface area contributed by atoms with Crippen LogP contribution in [0, 0.1) is 0 Å². The number of hydrogen-bond donors (Lipinski definition) is 4. The summed E-state index contributed by atoms with van der Waals surface area (Å²) in [7, 11) is 0. The van der Waals surface area contributed by atoms with Crippen molar-refractivity contribution in [1.29, 1.82) is 0 Å². The predicted octanol–water partition coefficient (Wildman–Crippen LogP) is 1.97. The van der Waals surface area contributed by atoms with Gasteiger partial charge in [0.1, 0.15) is 17.1 Å². The smallest absolute Gasteiger partial charge is 0.169 e. The second kappa shape index (κ2) is 4.72. The minimum Gasteiger partial charge on any atom is -0.507 e. The first kappa shape index (κ1) is 15.5. The first-order valence-corrected chi connectivity index (χ1v) is 8.54. The van der Waals surface area contributed by atoms with E-state index in [4.69, 9.17) is 0 Å². The lowest BCUT2D eigenvalue weighted by molar-refractivity contribution is -0.0541. The van der Waals surface area contributed by atoms with Gasteiger partial charge in [-0.3, -0.25) is 9.59 Å². The maximum atomic E-state index is 12.5. The van der Waals surface area contributed by atoms with Gasteiger partial charge in [-0.2, -0.15) is 0 Å². The lowest BCUT2D eigenvalue weighted by Gasteiger charge is -2.49. The molecule has 3 atom stereocenters. The summed E-state index contributed by atoms with van der Waals surface area (Å²) < 4.78 is 0. The Bertz CT molecular complexity index is 1020. The average Bonchev–Trinajstić information content (AvgIpc) is 2.58. The summed E-state index contributed by atoms with van der Waals surface area (Å²) in [6.07, 6.45) is -1.24. The quantitative estimate of drug-likeness (QED) is 0.576. The zero-order chi connectivity index (χ0) is 18.4. The van der Waals surface area contributed by atoms with Gasteiger partial charge in [0, 0.05) is 24.3 Å². The van der Waals surface area contributed by atoms with E-state index in [1.807, 2.05) is 0 Å². The molecule has 0 heterocycles. The molecule has 6 heteroatoms. The van der Waals surface area contributed by atoms with Gasteiger partial charge in [0.05, 0.1) is 17.2 Å². The van der Waals surface area contributed by atoms with Gasteiger partial charge in [-0.1, -0.05) is 12.1 Å². The van der Waals surface area contributed by atoms with Gasteiger partial charge in [0.15, 0.2) is 11.6 Å². The molecule has 0 unspecified atom stereocenters. The fourth-order valence-electron chi connectivity index (χ4n) is 5.03. The number of ketones is 2. The Morgan fingerprint density at radius 3 is 2.31 bits per heavy atom. The number of phenolic OH excluding ortho intramolecular Hbond substituents is 2. The van der Waals surface area contributed by atoms with Gasteiger partial charge >= 0.3 is 0 Å². The van der Waals surface area contributed by atoms with Gasteiger partial charge in [0.25, 0.3) is 0 Å². The first-order chi connectivity index (χ1) is 12.3. The van der Waals surface area contributed by atoms with E-state index >= 15 is 0 Å². The van der Waals surface area contributed by atoms with Crippen LogP contribution in [0.2, 0.25) is 0 Å². The fraction of sp³-hybridized carbons (Fsp3) is 0.300. The lowest BCUT2D eigenvalue weighted by atomic mass is 9.57.